The molecule has 19 heavy (non-hydrogen) atoms. The molecule has 0 spiro atoms. The lowest BCUT2D eigenvalue weighted by molar-refractivity contribution is -0.139. The SMILES string of the molecule is CSCCN(C)C(=O)N[C@H](C(=O)O)c1ccccc1. The molecule has 0 saturated heterocycles. The Bertz CT molecular complexity index is 425. The van der Waals surface area contributed by atoms with Gasteiger partial charge in [0.25, 0.3) is 0 Å². The first-order chi connectivity index (χ1) is 9.06. The molecular weight excluding hydrogens is 264 g/mol. The van der Waals surface area contributed by atoms with Gasteiger partial charge in [-0.3, -0.25) is 0 Å². The second-order valence-corrected chi connectivity index (χ2v) is 5.03. The van der Waals surface area contributed by atoms with Crippen LogP contribution in [0.3, 0.4) is 0 Å². The van der Waals surface area contributed by atoms with Gasteiger partial charge in [0.2, 0.25) is 0 Å². The lowest BCUT2D eigenvalue weighted by atomic mass is 10.1. The van der Waals surface area contributed by atoms with E-state index >= 15 is 0 Å². The third kappa shape index (κ3) is 4.82. The van der Waals surface area contributed by atoms with Crippen molar-refractivity contribution >= 4 is 23.8 Å². The second-order valence-electron chi connectivity index (χ2n) is 4.05. The quantitative estimate of drug-likeness (QED) is 0.835. The number of carbonyl (C=O) groups excluding carboxylic acids is 1. The normalized spacial score (nSPS) is 11.7. The first-order valence-electron chi connectivity index (χ1n) is 5.84. The Balaban J connectivity index is 2.70. The topological polar surface area (TPSA) is 69.6 Å². The van der Waals surface area contributed by atoms with E-state index in [1.165, 1.54) is 4.90 Å². The van der Waals surface area contributed by atoms with Gasteiger partial charge in [-0.1, -0.05) is 30.3 Å². The highest BCUT2D eigenvalue weighted by Gasteiger charge is 2.23. The summed E-state index contributed by atoms with van der Waals surface area (Å²) in [5.74, 6) is -0.259. The predicted octanol–water partition coefficient (Wildman–Crippen LogP) is 1.82. The molecule has 0 aromatic heterocycles. The fourth-order valence-corrected chi connectivity index (χ4v) is 1.95. The highest BCUT2D eigenvalue weighted by molar-refractivity contribution is 7.98. The van der Waals surface area contributed by atoms with Gasteiger partial charge in [0.15, 0.2) is 6.04 Å². The van der Waals surface area contributed by atoms with Gasteiger partial charge < -0.3 is 15.3 Å². The Hall–Kier alpha value is -1.69. The van der Waals surface area contributed by atoms with Crippen molar-refractivity contribution in [1.82, 2.24) is 10.2 Å². The molecule has 0 fully saturated rings. The fourth-order valence-electron chi connectivity index (χ4n) is 1.50. The summed E-state index contributed by atoms with van der Waals surface area (Å²) in [5.41, 5.74) is 0.557. The van der Waals surface area contributed by atoms with Crippen LogP contribution < -0.4 is 5.32 Å². The van der Waals surface area contributed by atoms with Crippen LogP contribution in [0.4, 0.5) is 4.79 Å². The van der Waals surface area contributed by atoms with Crippen molar-refractivity contribution in [1.29, 1.82) is 0 Å². The van der Waals surface area contributed by atoms with Crippen molar-refractivity contribution in [2.24, 2.45) is 0 Å². The third-order valence-electron chi connectivity index (χ3n) is 2.63. The van der Waals surface area contributed by atoms with Crippen LogP contribution in [0.25, 0.3) is 0 Å². The number of nitrogens with zero attached hydrogens (tertiary/aromatic N) is 1. The van der Waals surface area contributed by atoms with E-state index in [1.54, 1.807) is 49.1 Å². The summed E-state index contributed by atoms with van der Waals surface area (Å²) < 4.78 is 0. The van der Waals surface area contributed by atoms with Gasteiger partial charge in [0.1, 0.15) is 0 Å². The summed E-state index contributed by atoms with van der Waals surface area (Å²) in [6, 6.07) is 7.25. The zero-order valence-corrected chi connectivity index (χ0v) is 11.8. The van der Waals surface area contributed by atoms with Gasteiger partial charge in [-0.05, 0) is 11.8 Å². The number of hydrogen-bond acceptors (Lipinski definition) is 3. The molecule has 6 heteroatoms. The number of carboxylic acids is 1. The van der Waals surface area contributed by atoms with Crippen molar-refractivity contribution in [2.45, 2.75) is 6.04 Å². The van der Waals surface area contributed by atoms with Crippen LogP contribution in [0.1, 0.15) is 11.6 Å². The first kappa shape index (κ1) is 15.4. The minimum atomic E-state index is -1.07. The van der Waals surface area contributed by atoms with Gasteiger partial charge in [0, 0.05) is 19.3 Å². The average Bonchev–Trinajstić information content (AvgIpc) is 2.42. The molecule has 1 rings (SSSR count). The first-order valence-corrected chi connectivity index (χ1v) is 7.24. The summed E-state index contributed by atoms with van der Waals surface area (Å²) >= 11 is 1.63. The Kier molecular flexibility index (Phi) is 6.21. The van der Waals surface area contributed by atoms with Crippen molar-refractivity contribution in [2.75, 3.05) is 25.6 Å². The standard InChI is InChI=1S/C13H18N2O3S/c1-15(8-9-19-2)13(18)14-11(12(16)17)10-6-4-3-5-7-10/h3-7,11H,8-9H2,1-2H3,(H,14,18)(H,16,17)/t11-/m0/s1. The zero-order valence-electron chi connectivity index (χ0n) is 11.0. The lowest BCUT2D eigenvalue weighted by Gasteiger charge is -2.21. The Morgan fingerprint density at radius 1 is 1.37 bits per heavy atom. The molecule has 2 amide bonds. The number of nitrogens with one attached hydrogen (secondary N) is 1. The van der Waals surface area contributed by atoms with E-state index in [0.29, 0.717) is 12.1 Å². The van der Waals surface area contributed by atoms with E-state index in [4.69, 9.17) is 0 Å². The van der Waals surface area contributed by atoms with Crippen LogP contribution in [0.2, 0.25) is 0 Å². The van der Waals surface area contributed by atoms with E-state index in [9.17, 15) is 14.7 Å². The van der Waals surface area contributed by atoms with Crippen LogP contribution in [-0.2, 0) is 4.79 Å². The van der Waals surface area contributed by atoms with E-state index < -0.39 is 12.0 Å². The molecule has 1 aromatic rings. The van der Waals surface area contributed by atoms with Gasteiger partial charge in [-0.15, -0.1) is 0 Å². The molecule has 1 aromatic carbocycles. The van der Waals surface area contributed by atoms with E-state index in [0.717, 1.165) is 5.75 Å². The molecule has 104 valence electrons. The van der Waals surface area contributed by atoms with Crippen LogP contribution in [0.15, 0.2) is 30.3 Å². The number of aliphatic carboxylic acids is 1. The molecule has 0 bridgehead atoms. The molecule has 0 unspecified atom stereocenters. The van der Waals surface area contributed by atoms with Crippen LogP contribution >= 0.6 is 11.8 Å². The second kappa shape index (κ2) is 7.68. The predicted molar refractivity (Wildman–Crippen MR) is 76.4 cm³/mol. The van der Waals surface area contributed by atoms with E-state index in [-0.39, 0.29) is 6.03 Å². The number of urea groups is 1. The van der Waals surface area contributed by atoms with Crippen LogP contribution in [-0.4, -0.2) is 47.6 Å². The van der Waals surface area contributed by atoms with Crippen LogP contribution in [0.5, 0.6) is 0 Å². The molecule has 0 radical (unpaired) electrons. The maximum absolute atomic E-state index is 11.9. The van der Waals surface area contributed by atoms with E-state index in [2.05, 4.69) is 5.32 Å². The lowest BCUT2D eigenvalue weighted by Crippen LogP contribution is -2.42. The Morgan fingerprint density at radius 3 is 2.53 bits per heavy atom. The summed E-state index contributed by atoms with van der Waals surface area (Å²) in [6.07, 6.45) is 1.95. The number of carboxylic acid groups (broad SMARTS) is 1. The molecule has 2 N–H and O–H groups in total. The van der Waals surface area contributed by atoms with Crippen molar-refractivity contribution < 1.29 is 14.7 Å². The monoisotopic (exact) mass is 282 g/mol. The number of amides is 2. The minimum absolute atomic E-state index is 0.384. The molecule has 5 nitrogen and oxygen atoms in total. The number of benzene rings is 1. The minimum Gasteiger partial charge on any atom is -0.479 e. The van der Waals surface area contributed by atoms with Gasteiger partial charge in [-0.25, -0.2) is 9.59 Å². The fraction of sp³-hybridized carbons (Fsp3) is 0.385. The smallest absolute Gasteiger partial charge is 0.330 e. The molecule has 0 aliphatic rings. The molecule has 0 aliphatic heterocycles. The molecule has 0 heterocycles. The molecule has 1 atom stereocenters. The van der Waals surface area contributed by atoms with Crippen LogP contribution in [0, 0.1) is 0 Å². The maximum Gasteiger partial charge on any atom is 0.330 e. The number of hydrogen-bond donors (Lipinski definition) is 2. The molecular formula is C13H18N2O3S. The van der Waals surface area contributed by atoms with Crippen molar-refractivity contribution in [3.05, 3.63) is 35.9 Å². The zero-order chi connectivity index (χ0) is 14.3. The van der Waals surface area contributed by atoms with Gasteiger partial charge in [-0.2, -0.15) is 11.8 Å². The van der Waals surface area contributed by atoms with E-state index in [1.807, 2.05) is 6.26 Å². The summed E-state index contributed by atoms with van der Waals surface area (Å²) in [6.45, 7) is 0.578. The third-order valence-corrected chi connectivity index (χ3v) is 3.22. The summed E-state index contributed by atoms with van der Waals surface area (Å²) in [7, 11) is 1.65. The van der Waals surface area contributed by atoms with Gasteiger partial charge >= 0.3 is 12.0 Å². The Morgan fingerprint density at radius 2 is 2.00 bits per heavy atom. The average molecular weight is 282 g/mol. The van der Waals surface area contributed by atoms with Crippen molar-refractivity contribution in [3.63, 3.8) is 0 Å². The Labute approximate surface area is 117 Å². The maximum atomic E-state index is 11.9. The largest absolute Gasteiger partial charge is 0.479 e. The number of carbonyl (C=O) groups is 2. The number of rotatable bonds is 6. The van der Waals surface area contributed by atoms with Crippen molar-refractivity contribution in [3.8, 4) is 0 Å². The molecule has 0 saturated carbocycles. The molecule has 0 aliphatic carbocycles. The summed E-state index contributed by atoms with van der Waals surface area (Å²) in [4.78, 5) is 24.6. The van der Waals surface area contributed by atoms with Gasteiger partial charge in [0.05, 0.1) is 0 Å². The highest BCUT2D eigenvalue weighted by atomic mass is 32.2. The summed E-state index contributed by atoms with van der Waals surface area (Å²) in [5, 5.41) is 11.7. The highest BCUT2D eigenvalue weighted by Crippen LogP contribution is 2.13. The number of thioether (sulfide) groups is 1.